The second kappa shape index (κ2) is 3.69. The van der Waals surface area contributed by atoms with Gasteiger partial charge in [0.2, 0.25) is 0 Å². The summed E-state index contributed by atoms with van der Waals surface area (Å²) in [6.07, 6.45) is 9.00. The zero-order valence-corrected chi connectivity index (χ0v) is 10.5. The van der Waals surface area contributed by atoms with Gasteiger partial charge in [-0.3, -0.25) is 0 Å². The molecule has 1 saturated heterocycles. The van der Waals surface area contributed by atoms with Gasteiger partial charge in [0.15, 0.2) is 5.79 Å². The average molecular weight is 242 g/mol. The molecule has 2 heteroatoms. The van der Waals surface area contributed by atoms with Crippen LogP contribution in [0.2, 0.25) is 0 Å². The molecule has 0 amide bonds. The van der Waals surface area contributed by atoms with Gasteiger partial charge in [-0.2, -0.15) is 0 Å². The van der Waals surface area contributed by atoms with Crippen molar-refractivity contribution in [3.05, 3.63) is 41.5 Å². The van der Waals surface area contributed by atoms with Gasteiger partial charge in [0.25, 0.3) is 0 Å². The van der Waals surface area contributed by atoms with Gasteiger partial charge in [-0.1, -0.05) is 36.4 Å². The van der Waals surface area contributed by atoms with E-state index in [1.165, 1.54) is 11.1 Å². The quantitative estimate of drug-likeness (QED) is 0.695. The Morgan fingerprint density at radius 2 is 1.61 bits per heavy atom. The van der Waals surface area contributed by atoms with Crippen LogP contribution in [0.4, 0.5) is 0 Å². The maximum atomic E-state index is 5.83. The van der Waals surface area contributed by atoms with Crippen molar-refractivity contribution in [1.29, 1.82) is 0 Å². The van der Waals surface area contributed by atoms with Crippen molar-refractivity contribution in [3.8, 4) is 0 Å². The van der Waals surface area contributed by atoms with Gasteiger partial charge in [-0.25, -0.2) is 0 Å². The molecule has 2 aliphatic carbocycles. The first-order valence-electron chi connectivity index (χ1n) is 6.89. The topological polar surface area (TPSA) is 18.5 Å². The minimum absolute atomic E-state index is 0.247. The Morgan fingerprint density at radius 3 is 2.39 bits per heavy atom. The first-order valence-corrected chi connectivity index (χ1v) is 6.89. The van der Waals surface area contributed by atoms with E-state index in [4.69, 9.17) is 9.47 Å². The SMILES string of the molecule is C1=CC2(CCC3(CC2)OCCO3)c2ccccc21. The lowest BCUT2D eigenvalue weighted by Gasteiger charge is -2.41. The number of hydrogen-bond donors (Lipinski definition) is 0. The largest absolute Gasteiger partial charge is 0.348 e. The molecule has 0 aromatic heterocycles. The van der Waals surface area contributed by atoms with Gasteiger partial charge in [0.05, 0.1) is 13.2 Å². The lowest BCUT2D eigenvalue weighted by molar-refractivity contribution is -0.182. The Hall–Kier alpha value is -1.12. The first kappa shape index (κ1) is 10.8. The van der Waals surface area contributed by atoms with Crippen LogP contribution in [-0.4, -0.2) is 19.0 Å². The molecule has 2 fully saturated rings. The van der Waals surface area contributed by atoms with Crippen molar-refractivity contribution in [3.63, 3.8) is 0 Å². The Bertz CT molecular complexity index is 488. The molecule has 0 bridgehead atoms. The molecule has 1 aromatic rings. The zero-order valence-electron chi connectivity index (χ0n) is 10.5. The third-order valence-corrected chi connectivity index (χ3v) is 4.80. The van der Waals surface area contributed by atoms with Crippen molar-refractivity contribution < 1.29 is 9.47 Å². The highest BCUT2D eigenvalue weighted by molar-refractivity contribution is 5.65. The third kappa shape index (κ3) is 1.42. The van der Waals surface area contributed by atoms with Crippen LogP contribution in [0.5, 0.6) is 0 Å². The number of benzene rings is 1. The molecule has 4 rings (SSSR count). The lowest BCUT2D eigenvalue weighted by Crippen LogP contribution is -2.40. The summed E-state index contributed by atoms with van der Waals surface area (Å²) in [4.78, 5) is 0. The summed E-state index contributed by atoms with van der Waals surface area (Å²) in [5.41, 5.74) is 3.14. The summed E-state index contributed by atoms with van der Waals surface area (Å²) in [7, 11) is 0. The Morgan fingerprint density at radius 1 is 0.889 bits per heavy atom. The van der Waals surface area contributed by atoms with Crippen molar-refractivity contribution in [1.82, 2.24) is 0 Å². The highest BCUT2D eigenvalue weighted by atomic mass is 16.7. The molecule has 1 aromatic carbocycles. The molecule has 0 radical (unpaired) electrons. The summed E-state index contributed by atoms with van der Waals surface area (Å²) >= 11 is 0. The molecule has 1 saturated carbocycles. The van der Waals surface area contributed by atoms with Gasteiger partial charge in [0.1, 0.15) is 0 Å². The monoisotopic (exact) mass is 242 g/mol. The Labute approximate surface area is 108 Å². The van der Waals surface area contributed by atoms with Gasteiger partial charge >= 0.3 is 0 Å². The van der Waals surface area contributed by atoms with Crippen molar-refractivity contribution in [2.75, 3.05) is 13.2 Å². The van der Waals surface area contributed by atoms with E-state index in [9.17, 15) is 0 Å². The third-order valence-electron chi connectivity index (χ3n) is 4.80. The van der Waals surface area contributed by atoms with Gasteiger partial charge in [-0.05, 0) is 24.0 Å². The van der Waals surface area contributed by atoms with Crippen LogP contribution in [0.1, 0.15) is 36.8 Å². The van der Waals surface area contributed by atoms with Crippen LogP contribution in [0.3, 0.4) is 0 Å². The van der Waals surface area contributed by atoms with E-state index in [-0.39, 0.29) is 11.2 Å². The smallest absolute Gasteiger partial charge is 0.168 e. The van der Waals surface area contributed by atoms with Crippen molar-refractivity contribution in [2.24, 2.45) is 0 Å². The summed E-state index contributed by atoms with van der Waals surface area (Å²) < 4.78 is 11.7. The van der Waals surface area contributed by atoms with E-state index in [1.807, 2.05) is 0 Å². The van der Waals surface area contributed by atoms with Gasteiger partial charge in [0, 0.05) is 18.3 Å². The molecule has 0 N–H and O–H groups in total. The van der Waals surface area contributed by atoms with Gasteiger partial charge in [-0.15, -0.1) is 0 Å². The number of allylic oxidation sites excluding steroid dienone is 1. The van der Waals surface area contributed by atoms with Crippen LogP contribution in [0, 0.1) is 0 Å². The number of rotatable bonds is 0. The molecule has 3 aliphatic rings. The van der Waals surface area contributed by atoms with Crippen molar-refractivity contribution in [2.45, 2.75) is 36.9 Å². The maximum Gasteiger partial charge on any atom is 0.168 e. The number of hydrogen-bond acceptors (Lipinski definition) is 2. The number of ether oxygens (including phenoxy) is 2. The predicted octanol–water partition coefficient (Wildman–Crippen LogP) is 3.27. The second-order valence-corrected chi connectivity index (χ2v) is 5.68. The fourth-order valence-corrected chi connectivity index (χ4v) is 3.73. The van der Waals surface area contributed by atoms with Crippen LogP contribution in [0.15, 0.2) is 30.3 Å². The van der Waals surface area contributed by atoms with E-state index in [2.05, 4.69) is 36.4 Å². The first-order chi connectivity index (χ1) is 8.82. The fraction of sp³-hybridized carbons (Fsp3) is 0.500. The molecule has 2 nitrogen and oxygen atoms in total. The molecular weight excluding hydrogens is 224 g/mol. The second-order valence-electron chi connectivity index (χ2n) is 5.68. The van der Waals surface area contributed by atoms with Crippen LogP contribution in [-0.2, 0) is 14.9 Å². The van der Waals surface area contributed by atoms with Crippen LogP contribution in [0.25, 0.3) is 6.08 Å². The van der Waals surface area contributed by atoms with E-state index in [1.54, 1.807) is 0 Å². The van der Waals surface area contributed by atoms with E-state index in [0.717, 1.165) is 38.9 Å². The van der Waals surface area contributed by atoms with E-state index < -0.39 is 0 Å². The molecule has 2 spiro atoms. The van der Waals surface area contributed by atoms with Crippen molar-refractivity contribution >= 4 is 6.08 Å². The lowest BCUT2D eigenvalue weighted by atomic mass is 9.69. The molecule has 1 heterocycles. The summed E-state index contributed by atoms with van der Waals surface area (Å²) in [5, 5.41) is 0. The summed E-state index contributed by atoms with van der Waals surface area (Å²) in [6, 6.07) is 8.77. The predicted molar refractivity (Wildman–Crippen MR) is 70.3 cm³/mol. The normalized spacial score (nSPS) is 26.9. The molecule has 0 unspecified atom stereocenters. The van der Waals surface area contributed by atoms with Gasteiger partial charge < -0.3 is 9.47 Å². The molecular formula is C16H18O2. The highest BCUT2D eigenvalue weighted by Crippen LogP contribution is 2.50. The number of fused-ring (bicyclic) bond motifs is 2. The maximum absolute atomic E-state index is 5.83. The molecule has 0 atom stereocenters. The highest BCUT2D eigenvalue weighted by Gasteiger charge is 2.47. The van der Waals surface area contributed by atoms with E-state index >= 15 is 0 Å². The Kier molecular flexibility index (Phi) is 2.21. The molecule has 18 heavy (non-hydrogen) atoms. The summed E-state index contributed by atoms with van der Waals surface area (Å²) in [6.45, 7) is 1.53. The standard InChI is InChI=1S/C16H18O2/c1-2-4-14-13(3-1)5-6-15(14)7-9-16(10-8-15)17-11-12-18-16/h1-6H,7-12H2. The molecule has 94 valence electrons. The Balaban J connectivity index is 1.63. The van der Waals surface area contributed by atoms with Crippen LogP contribution < -0.4 is 0 Å². The average Bonchev–Trinajstić information content (AvgIpc) is 3.01. The zero-order chi connectivity index (χ0) is 12.1. The van der Waals surface area contributed by atoms with Crippen LogP contribution >= 0.6 is 0 Å². The minimum Gasteiger partial charge on any atom is -0.348 e. The fourth-order valence-electron chi connectivity index (χ4n) is 3.73. The molecule has 1 aliphatic heterocycles. The van der Waals surface area contributed by atoms with E-state index in [0.29, 0.717) is 0 Å². The summed E-state index contributed by atoms with van der Waals surface area (Å²) in [5.74, 6) is -0.253. The minimum atomic E-state index is -0.253.